The normalized spacial score (nSPS) is 24.2. The Morgan fingerprint density at radius 3 is 3.00 bits per heavy atom. The van der Waals surface area contributed by atoms with Crippen LogP contribution in [-0.2, 0) is 10.3 Å². The Morgan fingerprint density at radius 1 is 1.59 bits per heavy atom. The van der Waals surface area contributed by atoms with Crippen LogP contribution in [0.1, 0.15) is 22.8 Å². The Balaban J connectivity index is 2.35. The average molecular weight is 250 g/mol. The van der Waals surface area contributed by atoms with Crippen LogP contribution in [0.4, 0.5) is 0 Å². The van der Waals surface area contributed by atoms with Gasteiger partial charge in [-0.15, -0.1) is 0 Å². The number of nitrogens with one attached hydrogen (secondary N) is 1. The van der Waals surface area contributed by atoms with Crippen molar-refractivity contribution in [3.63, 3.8) is 0 Å². The second-order valence-corrected chi connectivity index (χ2v) is 4.81. The van der Waals surface area contributed by atoms with E-state index >= 15 is 0 Å². The zero-order valence-electron chi connectivity index (χ0n) is 9.53. The molecule has 0 bridgehead atoms. The third kappa shape index (κ3) is 2.45. The van der Waals surface area contributed by atoms with Gasteiger partial charge in [0.25, 0.3) is 0 Å². The van der Waals surface area contributed by atoms with Crippen LogP contribution in [0.3, 0.4) is 0 Å². The van der Waals surface area contributed by atoms with E-state index in [4.69, 9.17) is 22.7 Å². The summed E-state index contributed by atoms with van der Waals surface area (Å²) < 4.78 is 5.43. The van der Waals surface area contributed by atoms with Crippen molar-refractivity contribution in [2.45, 2.75) is 12.5 Å². The summed E-state index contributed by atoms with van der Waals surface area (Å²) in [6, 6.07) is 7.20. The quantitative estimate of drug-likeness (QED) is 0.767. The van der Waals surface area contributed by atoms with Crippen molar-refractivity contribution in [2.24, 2.45) is 5.73 Å². The molecule has 1 atom stereocenters. The van der Waals surface area contributed by atoms with Crippen LogP contribution in [0.5, 0.6) is 0 Å². The fraction of sp³-hybridized carbons (Fsp3) is 0.333. The van der Waals surface area contributed by atoms with Crippen molar-refractivity contribution in [1.82, 2.24) is 5.32 Å². The van der Waals surface area contributed by atoms with Gasteiger partial charge in [-0.05, 0) is 24.6 Å². The van der Waals surface area contributed by atoms with Gasteiger partial charge in [0.05, 0.1) is 18.8 Å². The van der Waals surface area contributed by atoms with E-state index in [0.717, 1.165) is 5.56 Å². The first-order chi connectivity index (χ1) is 8.01. The van der Waals surface area contributed by atoms with Gasteiger partial charge in [-0.25, -0.2) is 0 Å². The molecule has 1 aliphatic heterocycles. The Bertz CT molecular complexity index is 475. The van der Waals surface area contributed by atoms with E-state index in [1.165, 1.54) is 0 Å². The molecule has 1 aromatic carbocycles. The third-order valence-corrected chi connectivity index (χ3v) is 3.04. The first kappa shape index (κ1) is 12.0. The highest BCUT2D eigenvalue weighted by molar-refractivity contribution is 7.80. The monoisotopic (exact) mass is 250 g/mol. The highest BCUT2D eigenvalue weighted by atomic mass is 32.1. The number of rotatable bonds is 2. The van der Waals surface area contributed by atoms with Gasteiger partial charge in [0.15, 0.2) is 0 Å². The number of benzene rings is 1. The molecule has 4 nitrogen and oxygen atoms in total. The topological polar surface area (TPSA) is 64.4 Å². The number of carbonyl (C=O) groups is 1. The van der Waals surface area contributed by atoms with Crippen LogP contribution < -0.4 is 11.1 Å². The third-order valence-electron chi connectivity index (χ3n) is 2.82. The molecule has 17 heavy (non-hydrogen) atoms. The maximum atomic E-state index is 11.1. The Labute approximate surface area is 105 Å². The van der Waals surface area contributed by atoms with E-state index < -0.39 is 11.4 Å². The molecule has 2 rings (SSSR count). The number of primary amides is 1. The van der Waals surface area contributed by atoms with Gasteiger partial charge in [0.1, 0.15) is 4.99 Å². The zero-order valence-corrected chi connectivity index (χ0v) is 10.3. The van der Waals surface area contributed by atoms with E-state index in [1.54, 1.807) is 18.2 Å². The van der Waals surface area contributed by atoms with E-state index in [2.05, 4.69) is 5.32 Å². The molecule has 1 aromatic rings. The number of hydrogen-bond acceptors (Lipinski definition) is 3. The molecule has 3 N–H and O–H groups in total. The molecule has 1 amide bonds. The summed E-state index contributed by atoms with van der Waals surface area (Å²) in [5, 5.41) is 3.23. The number of nitrogens with two attached hydrogens (primary N) is 1. The van der Waals surface area contributed by atoms with Crippen molar-refractivity contribution in [2.75, 3.05) is 13.2 Å². The van der Waals surface area contributed by atoms with Crippen LogP contribution in [0.2, 0.25) is 0 Å². The lowest BCUT2D eigenvalue weighted by molar-refractivity contribution is 0.0874. The number of ether oxygens (including phenoxy) is 1. The summed E-state index contributed by atoms with van der Waals surface area (Å²) in [6.45, 7) is 2.94. The Hall–Kier alpha value is -1.46. The van der Waals surface area contributed by atoms with Crippen molar-refractivity contribution in [1.29, 1.82) is 0 Å². The number of hydrogen-bond donors (Lipinski definition) is 2. The SMILES string of the molecule is C[C@]1(c2cccc(C(N)=O)c2)COCC(=S)N1. The molecule has 1 aliphatic rings. The molecule has 1 fully saturated rings. The van der Waals surface area contributed by atoms with E-state index in [1.807, 2.05) is 13.0 Å². The molecule has 0 radical (unpaired) electrons. The van der Waals surface area contributed by atoms with Gasteiger partial charge >= 0.3 is 0 Å². The fourth-order valence-corrected chi connectivity index (χ4v) is 2.21. The summed E-state index contributed by atoms with van der Waals surface area (Å²) in [5.74, 6) is -0.435. The minimum Gasteiger partial charge on any atom is -0.372 e. The molecular formula is C12H14N2O2S. The number of morpholine rings is 1. The smallest absolute Gasteiger partial charge is 0.248 e. The standard InChI is InChI=1S/C12H14N2O2S/c1-12(7-16-6-10(17)14-12)9-4-2-3-8(5-9)11(13)15/h2-5H,6-7H2,1H3,(H2,13,15)(H,14,17)/t12-/m1/s1. The lowest BCUT2D eigenvalue weighted by atomic mass is 9.90. The lowest BCUT2D eigenvalue weighted by Gasteiger charge is -2.36. The molecule has 0 aliphatic carbocycles. The summed E-state index contributed by atoms with van der Waals surface area (Å²) in [7, 11) is 0. The Morgan fingerprint density at radius 2 is 2.35 bits per heavy atom. The summed E-state index contributed by atoms with van der Waals surface area (Å²) >= 11 is 5.11. The molecule has 1 heterocycles. The Kier molecular flexibility index (Phi) is 3.13. The van der Waals surface area contributed by atoms with Gasteiger partial charge < -0.3 is 15.8 Å². The molecule has 0 spiro atoms. The minimum atomic E-state index is -0.435. The average Bonchev–Trinajstić information content (AvgIpc) is 2.29. The van der Waals surface area contributed by atoms with Crippen molar-refractivity contribution >= 4 is 23.1 Å². The van der Waals surface area contributed by atoms with Crippen LogP contribution in [0, 0.1) is 0 Å². The number of thiocarbonyl (C=S) groups is 1. The van der Waals surface area contributed by atoms with E-state index in [0.29, 0.717) is 23.8 Å². The van der Waals surface area contributed by atoms with Gasteiger partial charge in [0, 0.05) is 5.56 Å². The van der Waals surface area contributed by atoms with E-state index in [9.17, 15) is 4.79 Å². The van der Waals surface area contributed by atoms with Gasteiger partial charge in [-0.2, -0.15) is 0 Å². The van der Waals surface area contributed by atoms with Crippen LogP contribution in [0.15, 0.2) is 24.3 Å². The summed E-state index contributed by atoms with van der Waals surface area (Å²) in [5.41, 5.74) is 6.29. The maximum absolute atomic E-state index is 11.1. The second kappa shape index (κ2) is 4.43. The van der Waals surface area contributed by atoms with Crippen LogP contribution in [-0.4, -0.2) is 24.1 Å². The van der Waals surface area contributed by atoms with Crippen molar-refractivity contribution in [3.05, 3.63) is 35.4 Å². The molecule has 1 saturated heterocycles. The predicted molar refractivity (Wildman–Crippen MR) is 68.9 cm³/mol. The zero-order chi connectivity index (χ0) is 12.5. The first-order valence-corrected chi connectivity index (χ1v) is 5.71. The predicted octanol–water partition coefficient (Wildman–Crippen LogP) is 0.948. The van der Waals surface area contributed by atoms with Gasteiger partial charge in [0.2, 0.25) is 5.91 Å². The molecule has 5 heteroatoms. The molecular weight excluding hydrogens is 236 g/mol. The van der Waals surface area contributed by atoms with Gasteiger partial charge in [-0.3, -0.25) is 4.79 Å². The summed E-state index contributed by atoms with van der Waals surface area (Å²) in [4.78, 5) is 11.8. The molecule has 90 valence electrons. The van der Waals surface area contributed by atoms with Crippen molar-refractivity contribution < 1.29 is 9.53 Å². The van der Waals surface area contributed by atoms with E-state index in [-0.39, 0.29) is 0 Å². The van der Waals surface area contributed by atoms with Gasteiger partial charge in [-0.1, -0.05) is 24.4 Å². The highest BCUT2D eigenvalue weighted by Crippen LogP contribution is 2.24. The highest BCUT2D eigenvalue weighted by Gasteiger charge is 2.31. The van der Waals surface area contributed by atoms with Crippen LogP contribution in [0.25, 0.3) is 0 Å². The largest absolute Gasteiger partial charge is 0.372 e. The van der Waals surface area contributed by atoms with Crippen LogP contribution >= 0.6 is 12.2 Å². The number of amides is 1. The minimum absolute atomic E-state index is 0.402. The number of carbonyl (C=O) groups excluding carboxylic acids is 1. The maximum Gasteiger partial charge on any atom is 0.248 e. The molecule has 0 unspecified atom stereocenters. The van der Waals surface area contributed by atoms with Crippen molar-refractivity contribution in [3.8, 4) is 0 Å². The fourth-order valence-electron chi connectivity index (χ4n) is 1.90. The second-order valence-electron chi connectivity index (χ2n) is 4.32. The lowest BCUT2D eigenvalue weighted by Crippen LogP contribution is -2.52. The summed E-state index contributed by atoms with van der Waals surface area (Å²) in [6.07, 6.45) is 0. The molecule has 0 aromatic heterocycles. The molecule has 0 saturated carbocycles. The first-order valence-electron chi connectivity index (χ1n) is 5.30.